The van der Waals surface area contributed by atoms with Gasteiger partial charge in [-0.1, -0.05) is 132 Å². The maximum absolute atomic E-state index is 2.32. The van der Waals surface area contributed by atoms with E-state index >= 15 is 0 Å². The van der Waals surface area contributed by atoms with Gasteiger partial charge in [0.05, 0.1) is 0 Å². The van der Waals surface area contributed by atoms with Crippen molar-refractivity contribution in [1.82, 2.24) is 0 Å². The Labute approximate surface area is 173 Å². The van der Waals surface area contributed by atoms with Crippen LogP contribution < -0.4 is 21.2 Å². The van der Waals surface area contributed by atoms with Crippen molar-refractivity contribution in [2.24, 2.45) is 0 Å². The van der Waals surface area contributed by atoms with Crippen LogP contribution in [0.3, 0.4) is 0 Å². The van der Waals surface area contributed by atoms with Gasteiger partial charge >= 0.3 is 0 Å². The van der Waals surface area contributed by atoms with Crippen LogP contribution in [0, 0.1) is 0 Å². The number of rotatable bonds is 7. The van der Waals surface area contributed by atoms with Gasteiger partial charge < -0.3 is 16.5 Å². The highest BCUT2D eigenvalue weighted by atomic mass is 32.6. The summed E-state index contributed by atoms with van der Waals surface area (Å²) >= 11 is 0. The fraction of sp³-hybridized carbons (Fsp3) is 0. The molecule has 0 saturated carbocycles. The average molecular weight is 432 g/mol. The zero-order chi connectivity index (χ0) is 19.0. The molecule has 0 heterocycles. The Balaban J connectivity index is 1.76. The molecule has 138 valence electrons. The first-order valence-corrected chi connectivity index (χ1v) is 15.7. The SMILES string of the molecule is c1ccc([P-]P(c2ccccc2)[P@]([P-]c2ccccc2)c2ccccc2)cc1. The Morgan fingerprint density at radius 2 is 0.643 bits per heavy atom. The second-order valence-corrected chi connectivity index (χ2v) is 17.6. The molecule has 0 aliphatic heterocycles. The zero-order valence-corrected chi connectivity index (χ0v) is 18.9. The first-order chi connectivity index (χ1) is 13.9. The van der Waals surface area contributed by atoms with E-state index in [2.05, 4.69) is 121 Å². The van der Waals surface area contributed by atoms with E-state index < -0.39 is 0 Å². The minimum atomic E-state index is -0.371. The third-order valence-corrected chi connectivity index (χ3v) is 19.9. The standard InChI is InChI=1S/C24H20P4/c1-5-13-21(14-6-1)25-27(23-17-9-3-10-18-23)28(24-19-11-4-12-20-24)26-22-15-7-2-8-16-22/h1-20H/q-2/t27-,28?/m0/s1. The predicted molar refractivity (Wildman–Crippen MR) is 132 cm³/mol. The molecule has 0 amide bonds. The van der Waals surface area contributed by atoms with Crippen LogP contribution in [0.2, 0.25) is 0 Å². The van der Waals surface area contributed by atoms with Crippen LogP contribution in [0.15, 0.2) is 121 Å². The summed E-state index contributed by atoms with van der Waals surface area (Å²) in [5.41, 5.74) is 0. The third kappa shape index (κ3) is 5.35. The molecule has 1 unspecified atom stereocenters. The number of hydrogen-bond acceptors (Lipinski definition) is 0. The van der Waals surface area contributed by atoms with Crippen LogP contribution in [0.5, 0.6) is 0 Å². The van der Waals surface area contributed by atoms with Gasteiger partial charge in [-0.2, -0.15) is 10.6 Å². The molecule has 28 heavy (non-hydrogen) atoms. The highest BCUT2D eigenvalue weighted by molar-refractivity contribution is 8.77. The minimum absolute atomic E-state index is 0.371. The van der Waals surface area contributed by atoms with E-state index in [9.17, 15) is 0 Å². The van der Waals surface area contributed by atoms with Crippen LogP contribution >= 0.6 is 31.1 Å². The molecule has 0 spiro atoms. The highest BCUT2D eigenvalue weighted by Gasteiger charge is 2.08. The first kappa shape index (κ1) is 19.9. The summed E-state index contributed by atoms with van der Waals surface area (Å²) in [5, 5.41) is 5.79. The molecule has 0 aliphatic carbocycles. The molecule has 4 aromatic carbocycles. The molecule has 0 radical (unpaired) electrons. The Morgan fingerprint density at radius 3 is 0.964 bits per heavy atom. The second-order valence-electron chi connectivity index (χ2n) is 6.12. The van der Waals surface area contributed by atoms with Crippen molar-refractivity contribution in [3.63, 3.8) is 0 Å². The molecule has 0 aliphatic rings. The summed E-state index contributed by atoms with van der Waals surface area (Å²) in [6.07, 6.45) is 0. The Kier molecular flexibility index (Phi) is 7.39. The van der Waals surface area contributed by atoms with Gasteiger partial charge in [-0.25, -0.2) is 14.6 Å². The lowest BCUT2D eigenvalue weighted by atomic mass is 10.4. The molecular weight excluding hydrogens is 412 g/mol. The van der Waals surface area contributed by atoms with Crippen molar-refractivity contribution in [1.29, 1.82) is 0 Å². The van der Waals surface area contributed by atoms with Crippen molar-refractivity contribution in [3.8, 4) is 0 Å². The molecule has 0 nitrogen and oxygen atoms in total. The third-order valence-electron chi connectivity index (χ3n) is 4.09. The van der Waals surface area contributed by atoms with Gasteiger partial charge in [0.15, 0.2) is 0 Å². The quantitative estimate of drug-likeness (QED) is 0.279. The van der Waals surface area contributed by atoms with Gasteiger partial charge in [0.25, 0.3) is 0 Å². The van der Waals surface area contributed by atoms with Crippen LogP contribution in [-0.2, 0) is 0 Å². The van der Waals surface area contributed by atoms with Crippen molar-refractivity contribution in [3.05, 3.63) is 121 Å². The lowest BCUT2D eigenvalue weighted by Crippen LogP contribution is -2.05. The van der Waals surface area contributed by atoms with Crippen molar-refractivity contribution in [2.75, 3.05) is 0 Å². The molecule has 0 fully saturated rings. The second kappa shape index (κ2) is 10.4. The molecule has 0 N–H and O–H groups in total. The molecule has 0 bridgehead atoms. The lowest BCUT2D eigenvalue weighted by molar-refractivity contribution is 1.77. The van der Waals surface area contributed by atoms with E-state index in [0.717, 1.165) is 0 Å². The van der Waals surface area contributed by atoms with Gasteiger partial charge in [-0.05, 0) is 0 Å². The Morgan fingerprint density at radius 1 is 0.357 bits per heavy atom. The highest BCUT2D eigenvalue weighted by Crippen LogP contribution is 2.84. The molecule has 0 aromatic heterocycles. The minimum Gasteiger partial charge on any atom is -0.466 e. The normalized spacial score (nSPS) is 13.9. The summed E-state index contributed by atoms with van der Waals surface area (Å²) in [7, 11) is 2.13. The molecule has 4 rings (SSSR count). The Bertz CT molecular complexity index is 877. The van der Waals surface area contributed by atoms with Gasteiger partial charge in [-0.15, -0.1) is 0 Å². The molecule has 0 saturated heterocycles. The maximum Gasteiger partial charge on any atom is -0.0511 e. The monoisotopic (exact) mass is 432 g/mol. The van der Waals surface area contributed by atoms with E-state index in [1.807, 2.05) is 0 Å². The first-order valence-electron chi connectivity index (χ1n) is 9.14. The van der Waals surface area contributed by atoms with E-state index in [-0.39, 0.29) is 14.6 Å². The van der Waals surface area contributed by atoms with Crippen LogP contribution in [-0.4, -0.2) is 0 Å². The maximum atomic E-state index is 2.32. The summed E-state index contributed by atoms with van der Waals surface area (Å²) < 4.78 is 0. The fourth-order valence-corrected chi connectivity index (χ4v) is 19.1. The summed E-state index contributed by atoms with van der Waals surface area (Å²) in [6, 6.07) is 44.1. The van der Waals surface area contributed by atoms with Crippen molar-refractivity contribution in [2.45, 2.75) is 0 Å². The number of benzene rings is 4. The van der Waals surface area contributed by atoms with Crippen molar-refractivity contribution >= 4 is 52.4 Å². The lowest BCUT2D eigenvalue weighted by Gasteiger charge is -2.49. The van der Waals surface area contributed by atoms with Gasteiger partial charge in [0.1, 0.15) is 0 Å². The van der Waals surface area contributed by atoms with Crippen LogP contribution in [0.4, 0.5) is 0 Å². The summed E-state index contributed by atoms with van der Waals surface area (Å²) in [6.45, 7) is 0. The molecule has 4 heteroatoms. The Hall–Kier alpha value is -1.40. The summed E-state index contributed by atoms with van der Waals surface area (Å²) in [5.74, 6) is 0. The van der Waals surface area contributed by atoms with E-state index in [1.54, 1.807) is 0 Å². The average Bonchev–Trinajstić information content (AvgIpc) is 2.79. The molecule has 2 atom stereocenters. The fourth-order valence-electron chi connectivity index (χ4n) is 2.75. The van der Waals surface area contributed by atoms with Crippen molar-refractivity contribution < 1.29 is 0 Å². The van der Waals surface area contributed by atoms with Crippen LogP contribution in [0.1, 0.15) is 0 Å². The number of hydrogen-bond donors (Lipinski definition) is 0. The van der Waals surface area contributed by atoms with E-state index in [0.29, 0.717) is 0 Å². The summed E-state index contributed by atoms with van der Waals surface area (Å²) in [4.78, 5) is 0. The van der Waals surface area contributed by atoms with E-state index in [4.69, 9.17) is 0 Å². The van der Waals surface area contributed by atoms with Gasteiger partial charge in [0, 0.05) is 0 Å². The largest absolute Gasteiger partial charge is 0.466 e. The molecular formula is C24H20P4-2. The van der Waals surface area contributed by atoms with Gasteiger partial charge in [-0.3, -0.25) is 0 Å². The zero-order valence-electron chi connectivity index (χ0n) is 15.3. The predicted octanol–water partition coefficient (Wildman–Crippen LogP) is 6.89. The van der Waals surface area contributed by atoms with E-state index in [1.165, 1.54) is 37.8 Å². The van der Waals surface area contributed by atoms with Gasteiger partial charge in [0.2, 0.25) is 0 Å². The topological polar surface area (TPSA) is 0 Å². The smallest absolute Gasteiger partial charge is 0.0511 e. The molecule has 4 aromatic rings. The van der Waals surface area contributed by atoms with Crippen LogP contribution in [0.25, 0.3) is 0 Å².